The second kappa shape index (κ2) is 4.61. The number of para-hydroxylation sites is 1. The number of aromatic amines is 2. The Morgan fingerprint density at radius 1 is 1.26 bits per heavy atom. The summed E-state index contributed by atoms with van der Waals surface area (Å²) in [7, 11) is 0. The van der Waals surface area contributed by atoms with Gasteiger partial charge in [-0.15, -0.1) is 0 Å². The van der Waals surface area contributed by atoms with E-state index in [2.05, 4.69) is 20.3 Å². The van der Waals surface area contributed by atoms with Crippen LogP contribution in [0.2, 0.25) is 0 Å². The van der Waals surface area contributed by atoms with Gasteiger partial charge in [0.15, 0.2) is 0 Å². The van der Waals surface area contributed by atoms with E-state index in [4.69, 9.17) is 0 Å². The molecule has 1 amide bonds. The lowest BCUT2D eigenvalue weighted by Gasteiger charge is -2.12. The predicted octanol–water partition coefficient (Wildman–Crippen LogP) is 2.38. The molecule has 0 aliphatic heterocycles. The molecule has 2 aromatic heterocycles. The van der Waals surface area contributed by atoms with E-state index >= 15 is 0 Å². The van der Waals surface area contributed by atoms with Crippen molar-refractivity contribution >= 4 is 16.8 Å². The number of carbonyl (C=O) groups excluding carboxylic acids is 1. The highest BCUT2D eigenvalue weighted by Crippen LogP contribution is 2.17. The second-order valence-electron chi connectivity index (χ2n) is 4.42. The molecule has 0 saturated heterocycles. The van der Waals surface area contributed by atoms with Gasteiger partial charge < -0.3 is 15.3 Å². The molecular weight excluding hydrogens is 240 g/mol. The van der Waals surface area contributed by atoms with Crippen LogP contribution in [-0.4, -0.2) is 20.9 Å². The summed E-state index contributed by atoms with van der Waals surface area (Å²) in [6.07, 6.45) is 5.24. The van der Waals surface area contributed by atoms with Gasteiger partial charge >= 0.3 is 0 Å². The largest absolute Gasteiger partial charge is 0.361 e. The zero-order valence-corrected chi connectivity index (χ0v) is 10.5. The van der Waals surface area contributed by atoms with Gasteiger partial charge in [0.05, 0.1) is 17.1 Å². The third-order valence-electron chi connectivity index (χ3n) is 3.11. The highest BCUT2D eigenvalue weighted by Gasteiger charge is 2.15. The van der Waals surface area contributed by atoms with Crippen molar-refractivity contribution in [3.63, 3.8) is 0 Å². The smallest absolute Gasteiger partial charge is 0.253 e. The summed E-state index contributed by atoms with van der Waals surface area (Å²) >= 11 is 0. The molecule has 0 aliphatic rings. The average molecular weight is 254 g/mol. The molecule has 0 aliphatic carbocycles. The Balaban J connectivity index is 1.86. The molecule has 2 heterocycles. The maximum absolute atomic E-state index is 12.3. The van der Waals surface area contributed by atoms with Crippen LogP contribution in [0.4, 0.5) is 0 Å². The molecule has 1 atom stereocenters. The number of hydrogen-bond donors (Lipinski definition) is 3. The van der Waals surface area contributed by atoms with Gasteiger partial charge in [-0.3, -0.25) is 4.79 Å². The van der Waals surface area contributed by atoms with Gasteiger partial charge in [-0.25, -0.2) is 4.98 Å². The monoisotopic (exact) mass is 254 g/mol. The summed E-state index contributed by atoms with van der Waals surface area (Å²) in [5.74, 6) is 0.629. The van der Waals surface area contributed by atoms with Gasteiger partial charge in [-0.2, -0.15) is 0 Å². The number of benzene rings is 1. The number of fused-ring (bicyclic) bond motifs is 1. The minimum Gasteiger partial charge on any atom is -0.361 e. The fourth-order valence-corrected chi connectivity index (χ4v) is 2.13. The molecule has 5 nitrogen and oxygen atoms in total. The number of amides is 1. The van der Waals surface area contributed by atoms with Crippen LogP contribution in [0, 0.1) is 0 Å². The Bertz CT molecular complexity index is 699. The Morgan fingerprint density at radius 3 is 2.95 bits per heavy atom. The van der Waals surface area contributed by atoms with Crippen LogP contribution in [0.25, 0.3) is 10.9 Å². The molecule has 0 bridgehead atoms. The molecule has 1 aromatic carbocycles. The van der Waals surface area contributed by atoms with E-state index < -0.39 is 0 Å². The quantitative estimate of drug-likeness (QED) is 0.671. The summed E-state index contributed by atoms with van der Waals surface area (Å²) in [5.41, 5.74) is 1.49. The van der Waals surface area contributed by atoms with Crippen LogP contribution in [0.1, 0.15) is 29.1 Å². The first-order valence-corrected chi connectivity index (χ1v) is 6.12. The molecular formula is C14H14N4O. The van der Waals surface area contributed by atoms with E-state index in [0.29, 0.717) is 5.56 Å². The lowest BCUT2D eigenvalue weighted by atomic mass is 10.1. The summed E-state index contributed by atoms with van der Waals surface area (Å²) in [6.45, 7) is 1.89. The SMILES string of the molecule is CC(NC(=O)c1cccc2cc[nH]c12)c1ncc[nH]1. The highest BCUT2D eigenvalue weighted by molar-refractivity contribution is 6.05. The van der Waals surface area contributed by atoms with Crippen LogP contribution >= 0.6 is 0 Å². The molecule has 5 heteroatoms. The Labute approximate surface area is 110 Å². The minimum absolute atomic E-state index is 0.114. The summed E-state index contributed by atoms with van der Waals surface area (Å²) in [4.78, 5) is 22.5. The predicted molar refractivity (Wildman–Crippen MR) is 72.8 cm³/mol. The van der Waals surface area contributed by atoms with Crippen molar-refractivity contribution in [1.82, 2.24) is 20.3 Å². The topological polar surface area (TPSA) is 73.6 Å². The fourth-order valence-electron chi connectivity index (χ4n) is 2.13. The molecule has 1 unspecified atom stereocenters. The van der Waals surface area contributed by atoms with Gasteiger partial charge in [-0.05, 0) is 19.1 Å². The molecule has 0 fully saturated rings. The van der Waals surface area contributed by atoms with Crippen molar-refractivity contribution in [3.05, 3.63) is 54.2 Å². The number of aromatic nitrogens is 3. The summed E-state index contributed by atoms with van der Waals surface area (Å²) in [6, 6.07) is 7.44. The van der Waals surface area contributed by atoms with Crippen LogP contribution in [-0.2, 0) is 0 Å². The first kappa shape index (κ1) is 11.5. The summed E-state index contributed by atoms with van der Waals surface area (Å²) < 4.78 is 0. The lowest BCUT2D eigenvalue weighted by molar-refractivity contribution is 0.0940. The van der Waals surface area contributed by atoms with Crippen LogP contribution < -0.4 is 5.32 Å². The number of H-pyrrole nitrogens is 2. The van der Waals surface area contributed by atoms with Crippen LogP contribution in [0.3, 0.4) is 0 Å². The van der Waals surface area contributed by atoms with Crippen molar-refractivity contribution in [2.75, 3.05) is 0 Å². The molecule has 3 N–H and O–H groups in total. The third kappa shape index (κ3) is 2.10. The normalized spacial score (nSPS) is 12.5. The number of rotatable bonds is 3. The van der Waals surface area contributed by atoms with Crippen molar-refractivity contribution in [2.45, 2.75) is 13.0 Å². The van der Waals surface area contributed by atoms with E-state index in [1.807, 2.05) is 37.4 Å². The van der Waals surface area contributed by atoms with E-state index in [1.54, 1.807) is 12.4 Å². The van der Waals surface area contributed by atoms with Crippen molar-refractivity contribution in [1.29, 1.82) is 0 Å². The zero-order valence-electron chi connectivity index (χ0n) is 10.5. The molecule has 19 heavy (non-hydrogen) atoms. The van der Waals surface area contributed by atoms with Gasteiger partial charge in [0.1, 0.15) is 5.82 Å². The standard InChI is InChI=1S/C14H14N4O/c1-9(13-16-7-8-17-13)18-14(19)11-4-2-3-10-5-6-15-12(10)11/h2-9,15H,1H3,(H,16,17)(H,18,19). The number of imidazole rings is 1. The lowest BCUT2D eigenvalue weighted by Crippen LogP contribution is -2.27. The van der Waals surface area contributed by atoms with Crippen LogP contribution in [0.15, 0.2) is 42.9 Å². The maximum Gasteiger partial charge on any atom is 0.253 e. The van der Waals surface area contributed by atoms with Crippen molar-refractivity contribution in [3.8, 4) is 0 Å². The van der Waals surface area contributed by atoms with E-state index in [-0.39, 0.29) is 11.9 Å². The first-order chi connectivity index (χ1) is 9.25. The number of hydrogen-bond acceptors (Lipinski definition) is 2. The Kier molecular flexibility index (Phi) is 2.79. The van der Waals surface area contributed by atoms with E-state index in [0.717, 1.165) is 16.7 Å². The number of nitrogens with zero attached hydrogens (tertiary/aromatic N) is 1. The average Bonchev–Trinajstić information content (AvgIpc) is 3.08. The fraction of sp³-hybridized carbons (Fsp3) is 0.143. The summed E-state index contributed by atoms with van der Waals surface area (Å²) in [5, 5.41) is 3.95. The first-order valence-electron chi connectivity index (χ1n) is 6.12. The zero-order chi connectivity index (χ0) is 13.2. The molecule has 0 radical (unpaired) electrons. The maximum atomic E-state index is 12.3. The van der Waals surface area contributed by atoms with Crippen molar-refractivity contribution < 1.29 is 4.79 Å². The van der Waals surface area contributed by atoms with Crippen LogP contribution in [0.5, 0.6) is 0 Å². The highest BCUT2D eigenvalue weighted by atomic mass is 16.1. The van der Waals surface area contributed by atoms with Gasteiger partial charge in [-0.1, -0.05) is 12.1 Å². The number of nitrogens with one attached hydrogen (secondary N) is 3. The number of carbonyl (C=O) groups is 1. The molecule has 0 spiro atoms. The van der Waals surface area contributed by atoms with Gasteiger partial charge in [0.2, 0.25) is 0 Å². The molecule has 3 rings (SSSR count). The van der Waals surface area contributed by atoms with E-state index in [9.17, 15) is 4.79 Å². The minimum atomic E-state index is -0.160. The second-order valence-corrected chi connectivity index (χ2v) is 4.42. The van der Waals surface area contributed by atoms with Gasteiger partial charge in [0, 0.05) is 24.0 Å². The molecule has 0 saturated carbocycles. The Morgan fingerprint density at radius 2 is 2.16 bits per heavy atom. The molecule has 3 aromatic rings. The third-order valence-corrected chi connectivity index (χ3v) is 3.11. The Hall–Kier alpha value is -2.56. The van der Waals surface area contributed by atoms with Crippen molar-refractivity contribution in [2.24, 2.45) is 0 Å². The van der Waals surface area contributed by atoms with E-state index in [1.165, 1.54) is 0 Å². The molecule has 96 valence electrons. The van der Waals surface area contributed by atoms with Gasteiger partial charge in [0.25, 0.3) is 5.91 Å².